The lowest BCUT2D eigenvalue weighted by Crippen LogP contribution is -2.45. The van der Waals surface area contributed by atoms with Crippen molar-refractivity contribution in [2.24, 2.45) is 0 Å². The molecule has 0 saturated carbocycles. The number of nitrogens with one attached hydrogen (secondary N) is 1. The van der Waals surface area contributed by atoms with Gasteiger partial charge in [-0.05, 0) is 46.6 Å². The van der Waals surface area contributed by atoms with Gasteiger partial charge in [-0.15, -0.1) is 0 Å². The Morgan fingerprint density at radius 1 is 1.41 bits per heavy atom. The zero-order valence-electron chi connectivity index (χ0n) is 11.2. The van der Waals surface area contributed by atoms with Crippen LogP contribution in [0, 0.1) is 0 Å². The van der Waals surface area contributed by atoms with Crippen LogP contribution in [0.3, 0.4) is 0 Å². The lowest BCUT2D eigenvalue weighted by molar-refractivity contribution is -0.0645. The van der Waals surface area contributed by atoms with E-state index >= 15 is 0 Å². The van der Waals surface area contributed by atoms with E-state index in [1.54, 1.807) is 6.92 Å². The Kier molecular flexibility index (Phi) is 8.43. The van der Waals surface area contributed by atoms with Crippen molar-refractivity contribution in [3.8, 4) is 0 Å². The van der Waals surface area contributed by atoms with Gasteiger partial charge in [-0.1, -0.05) is 11.6 Å². The van der Waals surface area contributed by atoms with Crippen LogP contribution in [0.15, 0.2) is 11.6 Å². The maximum atomic E-state index is 10.1. The minimum absolute atomic E-state index is 0.139. The highest BCUT2D eigenvalue weighted by Crippen LogP contribution is 2.17. The molecule has 0 rings (SSSR count). The maximum absolute atomic E-state index is 10.1. The summed E-state index contributed by atoms with van der Waals surface area (Å²) >= 11 is 0. The number of hydrogen-bond acceptors (Lipinski definition) is 4. The van der Waals surface area contributed by atoms with Crippen molar-refractivity contribution in [1.29, 1.82) is 0 Å². The van der Waals surface area contributed by atoms with Gasteiger partial charge in [0.2, 0.25) is 0 Å². The minimum atomic E-state index is -1.07. The number of aliphatic hydroxyl groups excluding tert-OH is 2. The molecule has 0 bridgehead atoms. The molecule has 0 radical (unpaired) electrons. The van der Waals surface area contributed by atoms with Crippen LogP contribution in [-0.2, 0) is 0 Å². The third-order valence-corrected chi connectivity index (χ3v) is 2.77. The van der Waals surface area contributed by atoms with Crippen LogP contribution in [0.25, 0.3) is 0 Å². The molecule has 17 heavy (non-hydrogen) atoms. The van der Waals surface area contributed by atoms with Gasteiger partial charge in [0, 0.05) is 13.2 Å². The number of aliphatic hydroxyl groups is 3. The molecule has 0 heterocycles. The molecule has 0 fully saturated rings. The highest BCUT2D eigenvalue weighted by atomic mass is 16.3. The molecule has 0 aromatic rings. The van der Waals surface area contributed by atoms with Gasteiger partial charge in [0.15, 0.2) is 0 Å². The fourth-order valence-corrected chi connectivity index (χ4v) is 1.48. The average Bonchev–Trinajstić information content (AvgIpc) is 2.23. The first-order valence-electron chi connectivity index (χ1n) is 6.25. The van der Waals surface area contributed by atoms with Gasteiger partial charge in [-0.2, -0.15) is 0 Å². The van der Waals surface area contributed by atoms with E-state index in [4.69, 9.17) is 5.11 Å². The second kappa shape index (κ2) is 8.64. The first-order chi connectivity index (χ1) is 7.90. The van der Waals surface area contributed by atoms with Crippen LogP contribution in [0.2, 0.25) is 0 Å². The number of rotatable bonds is 9. The third kappa shape index (κ3) is 8.32. The highest BCUT2D eigenvalue weighted by Gasteiger charge is 2.28. The molecule has 0 aliphatic rings. The smallest absolute Gasteiger partial charge is 0.0948 e. The Morgan fingerprint density at radius 2 is 2.06 bits per heavy atom. The van der Waals surface area contributed by atoms with Crippen molar-refractivity contribution in [3.05, 3.63) is 11.6 Å². The minimum Gasteiger partial charge on any atom is -0.396 e. The van der Waals surface area contributed by atoms with Crippen molar-refractivity contribution in [1.82, 2.24) is 5.32 Å². The van der Waals surface area contributed by atoms with E-state index in [-0.39, 0.29) is 6.61 Å². The summed E-state index contributed by atoms with van der Waals surface area (Å²) < 4.78 is 0. The van der Waals surface area contributed by atoms with E-state index in [2.05, 4.69) is 11.4 Å². The van der Waals surface area contributed by atoms with Gasteiger partial charge < -0.3 is 20.6 Å². The number of allylic oxidation sites excluding steroid dienone is 2. The standard InChI is InChI=1S/C13H27NO3/c1-11(2)6-4-7-13(3,17)12(16)10-14-8-5-9-15/h6,12,14-17H,4-5,7-10H2,1-3H3. The summed E-state index contributed by atoms with van der Waals surface area (Å²) in [4.78, 5) is 0. The lowest BCUT2D eigenvalue weighted by atomic mass is 9.93. The summed E-state index contributed by atoms with van der Waals surface area (Å²) in [6.45, 7) is 6.83. The van der Waals surface area contributed by atoms with E-state index < -0.39 is 11.7 Å². The molecule has 0 spiro atoms. The molecular formula is C13H27NO3. The molecule has 0 aliphatic heterocycles. The molecule has 0 saturated heterocycles. The van der Waals surface area contributed by atoms with Gasteiger partial charge in [-0.3, -0.25) is 0 Å². The van der Waals surface area contributed by atoms with Gasteiger partial charge in [0.05, 0.1) is 11.7 Å². The van der Waals surface area contributed by atoms with Crippen molar-refractivity contribution in [3.63, 3.8) is 0 Å². The zero-order valence-corrected chi connectivity index (χ0v) is 11.2. The van der Waals surface area contributed by atoms with Gasteiger partial charge in [-0.25, -0.2) is 0 Å². The summed E-state index contributed by atoms with van der Waals surface area (Å²) in [5, 5.41) is 31.5. The summed E-state index contributed by atoms with van der Waals surface area (Å²) in [6, 6.07) is 0. The van der Waals surface area contributed by atoms with E-state index in [0.717, 1.165) is 6.42 Å². The van der Waals surface area contributed by atoms with E-state index in [1.165, 1.54) is 5.57 Å². The van der Waals surface area contributed by atoms with Crippen LogP contribution in [0.1, 0.15) is 40.0 Å². The Morgan fingerprint density at radius 3 is 2.59 bits per heavy atom. The fourth-order valence-electron chi connectivity index (χ4n) is 1.48. The third-order valence-electron chi connectivity index (χ3n) is 2.77. The average molecular weight is 245 g/mol. The summed E-state index contributed by atoms with van der Waals surface area (Å²) in [5.74, 6) is 0. The van der Waals surface area contributed by atoms with Crippen molar-refractivity contribution in [2.45, 2.75) is 51.7 Å². The van der Waals surface area contributed by atoms with Crippen molar-refractivity contribution >= 4 is 0 Å². The summed E-state index contributed by atoms with van der Waals surface area (Å²) in [5.41, 5.74) is 0.148. The molecule has 4 N–H and O–H groups in total. The van der Waals surface area contributed by atoms with Crippen LogP contribution in [0.5, 0.6) is 0 Å². The molecular weight excluding hydrogens is 218 g/mol. The first-order valence-corrected chi connectivity index (χ1v) is 6.25. The summed E-state index contributed by atoms with van der Waals surface area (Å²) in [6.07, 6.45) is 3.24. The van der Waals surface area contributed by atoms with Crippen molar-refractivity contribution < 1.29 is 15.3 Å². The largest absolute Gasteiger partial charge is 0.396 e. The molecule has 0 amide bonds. The normalized spacial score (nSPS) is 16.4. The van der Waals surface area contributed by atoms with Gasteiger partial charge in [0.1, 0.15) is 0 Å². The molecule has 4 heteroatoms. The van der Waals surface area contributed by atoms with E-state index in [0.29, 0.717) is 25.9 Å². The molecule has 0 aliphatic carbocycles. The summed E-state index contributed by atoms with van der Waals surface area (Å²) in [7, 11) is 0. The lowest BCUT2D eigenvalue weighted by Gasteiger charge is -2.29. The fraction of sp³-hybridized carbons (Fsp3) is 0.846. The quantitative estimate of drug-likeness (QED) is 0.358. The molecule has 4 nitrogen and oxygen atoms in total. The van der Waals surface area contributed by atoms with Gasteiger partial charge in [0.25, 0.3) is 0 Å². The second-order valence-corrected chi connectivity index (χ2v) is 4.97. The Balaban J connectivity index is 3.89. The van der Waals surface area contributed by atoms with E-state index in [1.807, 2.05) is 13.8 Å². The molecule has 2 atom stereocenters. The number of hydrogen-bond donors (Lipinski definition) is 4. The van der Waals surface area contributed by atoms with Crippen LogP contribution in [0.4, 0.5) is 0 Å². The Bertz CT molecular complexity index is 223. The van der Waals surface area contributed by atoms with Crippen molar-refractivity contribution in [2.75, 3.05) is 19.7 Å². The molecule has 0 aromatic carbocycles. The van der Waals surface area contributed by atoms with Crippen LogP contribution in [-0.4, -0.2) is 46.7 Å². The predicted octanol–water partition coefficient (Wildman–Crippen LogP) is 0.817. The van der Waals surface area contributed by atoms with Gasteiger partial charge >= 0.3 is 0 Å². The second-order valence-electron chi connectivity index (χ2n) is 4.97. The Labute approximate surface area is 104 Å². The highest BCUT2D eigenvalue weighted by molar-refractivity contribution is 4.95. The Hall–Kier alpha value is -0.420. The monoisotopic (exact) mass is 245 g/mol. The van der Waals surface area contributed by atoms with Crippen LogP contribution >= 0.6 is 0 Å². The van der Waals surface area contributed by atoms with Crippen LogP contribution < -0.4 is 5.32 Å². The SMILES string of the molecule is CC(C)=CCCC(C)(O)C(O)CNCCCO. The predicted molar refractivity (Wildman–Crippen MR) is 69.9 cm³/mol. The first kappa shape index (κ1) is 16.6. The molecule has 2 unspecified atom stereocenters. The molecule has 102 valence electrons. The molecule has 0 aromatic heterocycles. The van der Waals surface area contributed by atoms with E-state index in [9.17, 15) is 10.2 Å². The maximum Gasteiger partial charge on any atom is 0.0948 e. The topological polar surface area (TPSA) is 72.7 Å². The zero-order chi connectivity index (χ0) is 13.3.